The molecule has 5 nitrogen and oxygen atoms in total. The first-order chi connectivity index (χ1) is 35.6. The van der Waals surface area contributed by atoms with Crippen molar-refractivity contribution >= 4 is 43.6 Å². The fraction of sp³-hybridized carbons (Fsp3) is 0.145. The van der Waals surface area contributed by atoms with E-state index in [4.69, 9.17) is 9.97 Å². The summed E-state index contributed by atoms with van der Waals surface area (Å²) in [6.45, 7) is 21.3. The van der Waals surface area contributed by atoms with E-state index in [0.29, 0.717) is 11.4 Å². The van der Waals surface area contributed by atoms with Crippen LogP contribution in [0.1, 0.15) is 61.5 Å². The van der Waals surface area contributed by atoms with Crippen molar-refractivity contribution in [3.8, 4) is 73.3 Å². The fourth-order valence-electron chi connectivity index (χ4n) is 11.9. The summed E-state index contributed by atoms with van der Waals surface area (Å²) in [7, 11) is 0. The van der Waals surface area contributed by atoms with Crippen LogP contribution in [0.3, 0.4) is 0 Å². The van der Waals surface area contributed by atoms with Crippen molar-refractivity contribution in [1.29, 1.82) is 5.26 Å². The Hall–Kier alpha value is -8.85. The predicted octanol–water partition coefficient (Wildman–Crippen LogP) is 18.0. The van der Waals surface area contributed by atoms with Gasteiger partial charge in [0.1, 0.15) is 6.07 Å². The Morgan fingerprint density at radius 1 is 0.311 bits per heavy atom. The van der Waals surface area contributed by atoms with Gasteiger partial charge < -0.3 is 9.13 Å². The first kappa shape index (κ1) is 46.2. The quantitative estimate of drug-likeness (QED) is 0.160. The number of fused-ring (bicyclic) bond motifs is 6. The van der Waals surface area contributed by atoms with Crippen molar-refractivity contribution in [2.75, 3.05) is 0 Å². The number of nitriles is 1. The SMILES string of the molecule is Cc1cc(C)cc(-c2ccc3c4ccc(-c5cc(C)cc(C)c5)cc4n(-c4cc(-c5nc(C)cc(C)n5)c(-n5c6cc(-c7cc(C)cc(C)c7)ccc6c6ccc(-c7cc(C)cc(C)c7)cc65)cc4C#N)c3c2)c1. The summed E-state index contributed by atoms with van der Waals surface area (Å²) in [6, 6.07) is 63.3. The zero-order chi connectivity index (χ0) is 51.3. The third-order valence-electron chi connectivity index (χ3n) is 14.7. The summed E-state index contributed by atoms with van der Waals surface area (Å²) >= 11 is 0. The number of hydrogen-bond donors (Lipinski definition) is 0. The lowest BCUT2D eigenvalue weighted by Gasteiger charge is -2.19. The third kappa shape index (κ3) is 8.14. The second-order valence-corrected chi connectivity index (χ2v) is 21.1. The standard InChI is InChI=1S/C69H57N5/c1-39-19-40(2)24-53(23-39)49-11-15-58-59-16-12-50(54-25-41(3)20-42(4)26-54)33-65(59)73(64(58)32-49)63-37-62(69-71-47(9)31-48(10)72-69)68(36-57(63)38-70)74-66-34-51(55-27-43(5)21-44(6)28-55)13-17-60(66)61-18-14-52(35-67(61)74)56-29-45(7)22-46(8)30-56/h11-37H,1-10H3. The molecule has 0 amide bonds. The van der Waals surface area contributed by atoms with Gasteiger partial charge in [-0.3, -0.25) is 0 Å². The van der Waals surface area contributed by atoms with E-state index < -0.39 is 0 Å². The van der Waals surface area contributed by atoms with Gasteiger partial charge in [0.2, 0.25) is 0 Å². The summed E-state index contributed by atoms with van der Waals surface area (Å²) in [4.78, 5) is 10.5. The fourth-order valence-corrected chi connectivity index (χ4v) is 11.9. The van der Waals surface area contributed by atoms with E-state index in [1.165, 1.54) is 44.5 Å². The van der Waals surface area contributed by atoms with Gasteiger partial charge in [-0.25, -0.2) is 9.97 Å². The minimum absolute atomic E-state index is 0.534. The Morgan fingerprint density at radius 3 is 0.905 bits per heavy atom. The molecule has 0 saturated carbocycles. The van der Waals surface area contributed by atoms with Crippen LogP contribution in [-0.2, 0) is 0 Å². The summed E-state index contributed by atoms with van der Waals surface area (Å²) in [6.07, 6.45) is 0. The number of aromatic nitrogens is 4. The molecule has 0 aliphatic carbocycles. The van der Waals surface area contributed by atoms with Crippen LogP contribution in [0, 0.1) is 80.6 Å². The van der Waals surface area contributed by atoms with Crippen LogP contribution in [0.2, 0.25) is 0 Å². The first-order valence-corrected chi connectivity index (χ1v) is 25.6. The average molecular weight is 956 g/mol. The molecule has 0 bridgehead atoms. The first-order valence-electron chi connectivity index (χ1n) is 25.6. The van der Waals surface area contributed by atoms with E-state index in [0.717, 1.165) is 116 Å². The van der Waals surface area contributed by atoms with Gasteiger partial charge in [-0.15, -0.1) is 0 Å². The van der Waals surface area contributed by atoms with Crippen molar-refractivity contribution in [3.63, 3.8) is 0 Å². The maximum absolute atomic E-state index is 11.7. The summed E-state index contributed by atoms with van der Waals surface area (Å²) in [5.74, 6) is 0.599. The van der Waals surface area contributed by atoms with Crippen molar-refractivity contribution in [2.45, 2.75) is 69.2 Å². The lowest BCUT2D eigenvalue weighted by atomic mass is 9.98. The van der Waals surface area contributed by atoms with Crippen LogP contribution in [0.25, 0.3) is 111 Å². The smallest absolute Gasteiger partial charge is 0.161 e. The molecule has 0 N–H and O–H groups in total. The van der Waals surface area contributed by atoms with Gasteiger partial charge in [-0.05, 0) is 156 Å². The monoisotopic (exact) mass is 955 g/mol. The van der Waals surface area contributed by atoms with Crippen LogP contribution >= 0.6 is 0 Å². The molecule has 0 fully saturated rings. The zero-order valence-corrected chi connectivity index (χ0v) is 43.8. The molecule has 12 rings (SSSR count). The van der Waals surface area contributed by atoms with Crippen LogP contribution in [0.4, 0.5) is 0 Å². The molecule has 0 unspecified atom stereocenters. The van der Waals surface area contributed by atoms with Crippen LogP contribution in [0.5, 0.6) is 0 Å². The minimum Gasteiger partial charge on any atom is -0.308 e. The van der Waals surface area contributed by atoms with Gasteiger partial charge in [0.15, 0.2) is 5.82 Å². The molecule has 3 heterocycles. The molecule has 3 aromatic heterocycles. The highest BCUT2D eigenvalue weighted by molar-refractivity contribution is 6.13. The molecule has 0 aliphatic heterocycles. The second-order valence-electron chi connectivity index (χ2n) is 21.1. The van der Waals surface area contributed by atoms with E-state index in [1.807, 2.05) is 19.9 Å². The largest absolute Gasteiger partial charge is 0.308 e. The molecule has 12 aromatic rings. The molecular weight excluding hydrogens is 899 g/mol. The van der Waals surface area contributed by atoms with Gasteiger partial charge in [0.05, 0.1) is 39.0 Å². The van der Waals surface area contributed by atoms with Gasteiger partial charge >= 0.3 is 0 Å². The summed E-state index contributed by atoms with van der Waals surface area (Å²) < 4.78 is 4.69. The molecule has 74 heavy (non-hydrogen) atoms. The lowest BCUT2D eigenvalue weighted by Crippen LogP contribution is -2.06. The maximum Gasteiger partial charge on any atom is 0.161 e. The molecule has 0 saturated heterocycles. The highest BCUT2D eigenvalue weighted by Crippen LogP contribution is 2.44. The molecule has 358 valence electrons. The van der Waals surface area contributed by atoms with Crippen molar-refractivity contribution in [3.05, 3.63) is 225 Å². The van der Waals surface area contributed by atoms with Crippen molar-refractivity contribution < 1.29 is 0 Å². The molecular formula is C69H57N5. The number of benzene rings is 9. The Morgan fingerprint density at radius 2 is 0.608 bits per heavy atom. The van der Waals surface area contributed by atoms with Crippen LogP contribution in [-0.4, -0.2) is 19.1 Å². The highest BCUT2D eigenvalue weighted by atomic mass is 15.0. The molecule has 0 radical (unpaired) electrons. The normalized spacial score (nSPS) is 11.6. The maximum atomic E-state index is 11.7. The number of nitrogens with zero attached hydrogens (tertiary/aromatic N) is 5. The summed E-state index contributed by atoms with van der Waals surface area (Å²) in [5.41, 5.74) is 27.6. The molecule has 0 atom stereocenters. The van der Waals surface area contributed by atoms with E-state index >= 15 is 0 Å². The molecule has 0 aliphatic rings. The lowest BCUT2D eigenvalue weighted by molar-refractivity contribution is 1.05. The third-order valence-corrected chi connectivity index (χ3v) is 14.7. The van der Waals surface area contributed by atoms with Gasteiger partial charge in [0.25, 0.3) is 0 Å². The van der Waals surface area contributed by atoms with Gasteiger partial charge in [-0.2, -0.15) is 5.26 Å². The number of aryl methyl sites for hydroxylation is 10. The van der Waals surface area contributed by atoms with E-state index in [-0.39, 0.29) is 0 Å². The number of hydrogen-bond acceptors (Lipinski definition) is 3. The van der Waals surface area contributed by atoms with Crippen molar-refractivity contribution in [2.24, 2.45) is 0 Å². The van der Waals surface area contributed by atoms with Crippen molar-refractivity contribution in [1.82, 2.24) is 19.1 Å². The molecule has 9 aromatic carbocycles. The van der Waals surface area contributed by atoms with E-state index in [1.54, 1.807) is 0 Å². The van der Waals surface area contributed by atoms with E-state index in [2.05, 4.69) is 228 Å². The highest BCUT2D eigenvalue weighted by Gasteiger charge is 2.25. The topological polar surface area (TPSA) is 59.4 Å². The molecule has 5 heteroatoms. The van der Waals surface area contributed by atoms with Crippen LogP contribution in [0.15, 0.2) is 164 Å². The zero-order valence-electron chi connectivity index (χ0n) is 43.8. The van der Waals surface area contributed by atoms with Gasteiger partial charge in [-0.1, -0.05) is 166 Å². The second kappa shape index (κ2) is 17.7. The Balaban J connectivity index is 1.21. The van der Waals surface area contributed by atoms with E-state index in [9.17, 15) is 5.26 Å². The Bertz CT molecular complexity index is 4060. The van der Waals surface area contributed by atoms with Crippen LogP contribution < -0.4 is 0 Å². The minimum atomic E-state index is 0.534. The summed E-state index contributed by atoms with van der Waals surface area (Å²) in [5, 5.41) is 16.2. The molecule has 0 spiro atoms. The Labute approximate surface area is 433 Å². The number of rotatable bonds is 7. The van der Waals surface area contributed by atoms with Gasteiger partial charge in [0, 0.05) is 38.5 Å². The Kier molecular flexibility index (Phi) is 11.1. The average Bonchev–Trinajstić information content (AvgIpc) is 3.85. The predicted molar refractivity (Wildman–Crippen MR) is 310 cm³/mol.